The molecule has 0 fully saturated rings. The van der Waals surface area contributed by atoms with Crippen molar-refractivity contribution in [1.82, 2.24) is 0 Å². The minimum Gasteiger partial charge on any atom is -0.490 e. The Morgan fingerprint density at radius 2 is 1.68 bits per heavy atom. The van der Waals surface area contributed by atoms with Crippen molar-refractivity contribution in [3.8, 4) is 5.75 Å². The summed E-state index contributed by atoms with van der Waals surface area (Å²) >= 11 is 0. The molecule has 0 aliphatic heterocycles. The first-order valence-electron chi connectivity index (χ1n) is 6.72. The van der Waals surface area contributed by atoms with E-state index in [9.17, 15) is 14.9 Å². The molecular formula is C16H15NO5. The van der Waals surface area contributed by atoms with Crippen LogP contribution in [0.4, 0.5) is 5.69 Å². The van der Waals surface area contributed by atoms with Gasteiger partial charge in [0.25, 0.3) is 5.69 Å². The minimum atomic E-state index is -0.483. The molecule has 2 aromatic rings. The molecule has 0 aliphatic rings. The molecule has 0 amide bonds. The van der Waals surface area contributed by atoms with E-state index in [0.29, 0.717) is 11.3 Å². The molecule has 0 N–H and O–H groups in total. The number of non-ortho nitro benzene ring substituents is 1. The maximum atomic E-state index is 11.6. The normalized spacial score (nSPS) is 10.0. The van der Waals surface area contributed by atoms with Gasteiger partial charge in [0.1, 0.15) is 19.0 Å². The first kappa shape index (κ1) is 15.5. The van der Waals surface area contributed by atoms with Gasteiger partial charge in [0.05, 0.1) is 11.3 Å². The molecule has 0 aromatic heterocycles. The molecule has 6 nitrogen and oxygen atoms in total. The summed E-state index contributed by atoms with van der Waals surface area (Å²) in [5.74, 6) is 0.319. The number of para-hydroxylation sites is 1. The number of benzene rings is 2. The molecule has 2 aromatic carbocycles. The molecule has 0 unspecified atom stereocenters. The summed E-state index contributed by atoms with van der Waals surface area (Å²) in [4.78, 5) is 21.7. The lowest BCUT2D eigenvalue weighted by atomic mass is 10.1. The van der Waals surface area contributed by atoms with Crippen LogP contribution in [0.1, 0.15) is 5.56 Å². The van der Waals surface area contributed by atoms with Crippen LogP contribution >= 0.6 is 0 Å². The largest absolute Gasteiger partial charge is 0.490 e. The zero-order valence-electron chi connectivity index (χ0n) is 11.8. The van der Waals surface area contributed by atoms with E-state index in [0.717, 1.165) is 0 Å². The standard InChI is InChI=1S/C16H15NO5/c18-16(12-13-6-8-14(9-7-13)17(19)20)22-11-10-21-15-4-2-1-3-5-15/h1-9H,10-12H2. The van der Waals surface area contributed by atoms with Crippen molar-refractivity contribution < 1.29 is 19.2 Å². The number of nitrogens with zero attached hydrogens (tertiary/aromatic N) is 1. The zero-order valence-corrected chi connectivity index (χ0v) is 11.8. The Bertz CT molecular complexity index is 625. The zero-order chi connectivity index (χ0) is 15.8. The fraction of sp³-hybridized carbons (Fsp3) is 0.188. The van der Waals surface area contributed by atoms with Crippen molar-refractivity contribution in [3.05, 3.63) is 70.3 Å². The average molecular weight is 301 g/mol. The summed E-state index contributed by atoms with van der Waals surface area (Å²) in [6.45, 7) is 0.427. The highest BCUT2D eigenvalue weighted by atomic mass is 16.6. The van der Waals surface area contributed by atoms with E-state index in [2.05, 4.69) is 0 Å². The molecule has 0 saturated carbocycles. The molecular weight excluding hydrogens is 286 g/mol. The second kappa shape index (κ2) is 7.78. The maximum Gasteiger partial charge on any atom is 0.310 e. The summed E-state index contributed by atoms with van der Waals surface area (Å²) in [7, 11) is 0. The molecule has 0 bridgehead atoms. The summed E-state index contributed by atoms with van der Waals surface area (Å²) in [6, 6.07) is 15.0. The smallest absolute Gasteiger partial charge is 0.310 e. The summed E-state index contributed by atoms with van der Waals surface area (Å²) < 4.78 is 10.4. The topological polar surface area (TPSA) is 78.7 Å². The van der Waals surface area contributed by atoms with E-state index in [4.69, 9.17) is 9.47 Å². The lowest BCUT2D eigenvalue weighted by Gasteiger charge is -2.07. The van der Waals surface area contributed by atoms with Gasteiger partial charge in [-0.2, -0.15) is 0 Å². The van der Waals surface area contributed by atoms with Crippen molar-refractivity contribution in [1.29, 1.82) is 0 Å². The SMILES string of the molecule is O=C(Cc1ccc([N+](=O)[O-])cc1)OCCOc1ccccc1. The average Bonchev–Trinajstić information content (AvgIpc) is 2.53. The van der Waals surface area contributed by atoms with E-state index < -0.39 is 10.9 Å². The second-order valence-electron chi connectivity index (χ2n) is 4.48. The van der Waals surface area contributed by atoms with Gasteiger partial charge in [0.15, 0.2) is 0 Å². The number of nitro benzene ring substituents is 1. The van der Waals surface area contributed by atoms with Crippen molar-refractivity contribution in [2.24, 2.45) is 0 Å². The first-order valence-corrected chi connectivity index (χ1v) is 6.72. The van der Waals surface area contributed by atoms with E-state index in [-0.39, 0.29) is 25.3 Å². The maximum absolute atomic E-state index is 11.6. The number of hydrogen-bond acceptors (Lipinski definition) is 5. The Morgan fingerprint density at radius 1 is 1.00 bits per heavy atom. The summed E-state index contributed by atoms with van der Waals surface area (Å²) in [6.07, 6.45) is 0.0727. The number of nitro groups is 1. The Kier molecular flexibility index (Phi) is 5.48. The molecule has 0 heterocycles. The van der Waals surface area contributed by atoms with E-state index >= 15 is 0 Å². The molecule has 0 radical (unpaired) electrons. The molecule has 0 atom stereocenters. The number of rotatable bonds is 7. The van der Waals surface area contributed by atoms with Crippen molar-refractivity contribution in [2.75, 3.05) is 13.2 Å². The predicted molar refractivity (Wildman–Crippen MR) is 79.7 cm³/mol. The highest BCUT2D eigenvalue weighted by molar-refractivity contribution is 5.72. The van der Waals surface area contributed by atoms with Gasteiger partial charge in [-0.05, 0) is 17.7 Å². The molecule has 114 valence electrons. The van der Waals surface area contributed by atoms with Crippen LogP contribution in [0.5, 0.6) is 5.75 Å². The fourth-order valence-corrected chi connectivity index (χ4v) is 1.78. The van der Waals surface area contributed by atoms with E-state index in [1.54, 1.807) is 12.1 Å². The summed E-state index contributed by atoms with van der Waals surface area (Å²) in [5.41, 5.74) is 0.660. The van der Waals surface area contributed by atoms with Crippen LogP contribution in [0.2, 0.25) is 0 Å². The third-order valence-corrected chi connectivity index (χ3v) is 2.85. The van der Waals surface area contributed by atoms with Crippen LogP contribution in [0, 0.1) is 10.1 Å². The molecule has 22 heavy (non-hydrogen) atoms. The van der Waals surface area contributed by atoms with Gasteiger partial charge in [-0.1, -0.05) is 30.3 Å². The molecule has 6 heteroatoms. The van der Waals surface area contributed by atoms with Crippen molar-refractivity contribution >= 4 is 11.7 Å². The molecule has 0 saturated heterocycles. The van der Waals surface area contributed by atoms with Gasteiger partial charge < -0.3 is 9.47 Å². The number of hydrogen-bond donors (Lipinski definition) is 0. The van der Waals surface area contributed by atoms with Gasteiger partial charge in [-0.25, -0.2) is 0 Å². The first-order chi connectivity index (χ1) is 10.6. The predicted octanol–water partition coefficient (Wildman–Crippen LogP) is 2.76. The van der Waals surface area contributed by atoms with Gasteiger partial charge in [0, 0.05) is 12.1 Å². The number of carbonyl (C=O) groups excluding carboxylic acids is 1. The van der Waals surface area contributed by atoms with Crippen LogP contribution in [0.25, 0.3) is 0 Å². The van der Waals surface area contributed by atoms with Gasteiger partial charge in [-0.15, -0.1) is 0 Å². The monoisotopic (exact) mass is 301 g/mol. The Labute approximate surface area is 127 Å². The van der Waals surface area contributed by atoms with E-state index in [1.165, 1.54) is 12.1 Å². The molecule has 0 aliphatic carbocycles. The Balaban J connectivity index is 1.70. The highest BCUT2D eigenvalue weighted by Gasteiger charge is 2.08. The quantitative estimate of drug-likeness (QED) is 0.340. The third kappa shape index (κ3) is 4.90. The lowest BCUT2D eigenvalue weighted by Crippen LogP contribution is -2.14. The van der Waals surface area contributed by atoms with Crippen molar-refractivity contribution in [2.45, 2.75) is 6.42 Å². The Hall–Kier alpha value is -2.89. The van der Waals surface area contributed by atoms with E-state index in [1.807, 2.05) is 30.3 Å². The van der Waals surface area contributed by atoms with Crippen LogP contribution in [-0.2, 0) is 16.0 Å². The van der Waals surface area contributed by atoms with Crippen molar-refractivity contribution in [3.63, 3.8) is 0 Å². The fourth-order valence-electron chi connectivity index (χ4n) is 1.78. The minimum absolute atomic E-state index is 0.00613. The van der Waals surface area contributed by atoms with Crippen LogP contribution in [0.15, 0.2) is 54.6 Å². The third-order valence-electron chi connectivity index (χ3n) is 2.85. The van der Waals surface area contributed by atoms with Gasteiger partial charge in [-0.3, -0.25) is 14.9 Å². The Morgan fingerprint density at radius 3 is 2.32 bits per heavy atom. The number of ether oxygens (including phenoxy) is 2. The number of esters is 1. The lowest BCUT2D eigenvalue weighted by molar-refractivity contribution is -0.384. The van der Waals surface area contributed by atoms with Gasteiger partial charge in [0.2, 0.25) is 0 Å². The molecule has 2 rings (SSSR count). The van der Waals surface area contributed by atoms with Gasteiger partial charge >= 0.3 is 5.97 Å². The van der Waals surface area contributed by atoms with Crippen LogP contribution in [0.3, 0.4) is 0 Å². The summed E-state index contributed by atoms with van der Waals surface area (Å²) in [5, 5.41) is 10.5. The number of carbonyl (C=O) groups is 1. The second-order valence-corrected chi connectivity index (χ2v) is 4.48. The van der Waals surface area contributed by atoms with Crippen LogP contribution < -0.4 is 4.74 Å². The highest BCUT2D eigenvalue weighted by Crippen LogP contribution is 2.12. The van der Waals surface area contributed by atoms with Crippen LogP contribution in [-0.4, -0.2) is 24.1 Å². The molecule has 0 spiro atoms.